The lowest BCUT2D eigenvalue weighted by Gasteiger charge is -1.87. The first-order chi connectivity index (χ1) is 4.75. The van der Waals surface area contributed by atoms with E-state index in [2.05, 4.69) is 20.1 Å². The Labute approximate surface area is 57.3 Å². The van der Waals surface area contributed by atoms with Crippen molar-refractivity contribution in [2.75, 3.05) is 0 Å². The second-order valence-electron chi connectivity index (χ2n) is 1.88. The molecule has 0 atom stereocenters. The second-order valence-corrected chi connectivity index (χ2v) is 1.88. The predicted molar refractivity (Wildman–Crippen MR) is 33.0 cm³/mol. The zero-order valence-corrected chi connectivity index (χ0v) is 5.70. The monoisotopic (exact) mass is 141 g/mol. The molecule has 0 fully saturated rings. The number of aryl methyl sites for hydroxylation is 1. The summed E-state index contributed by atoms with van der Waals surface area (Å²) >= 11 is 0. The van der Waals surface area contributed by atoms with Crippen molar-refractivity contribution in [1.82, 2.24) is 10.3 Å². The van der Waals surface area contributed by atoms with E-state index in [1.807, 2.05) is 0 Å². The van der Waals surface area contributed by atoms with Gasteiger partial charge in [-0.3, -0.25) is 0 Å². The standard InChI is InChI=1S/C5H7N3O2/c1-3(6-9)5-4(2)7-10-8-5/h9H,1-2H3/b6-3+. The van der Waals surface area contributed by atoms with Gasteiger partial charge in [0.1, 0.15) is 11.4 Å². The van der Waals surface area contributed by atoms with E-state index in [4.69, 9.17) is 5.21 Å². The average molecular weight is 141 g/mol. The Morgan fingerprint density at radius 3 is 2.70 bits per heavy atom. The van der Waals surface area contributed by atoms with Crippen molar-refractivity contribution in [1.29, 1.82) is 0 Å². The minimum Gasteiger partial charge on any atom is -0.411 e. The third-order valence-corrected chi connectivity index (χ3v) is 1.15. The third-order valence-electron chi connectivity index (χ3n) is 1.15. The van der Waals surface area contributed by atoms with Crippen LogP contribution >= 0.6 is 0 Å². The molecule has 1 aromatic heterocycles. The Hall–Kier alpha value is -1.39. The van der Waals surface area contributed by atoms with Gasteiger partial charge in [-0.05, 0) is 19.0 Å². The molecule has 10 heavy (non-hydrogen) atoms. The molecule has 0 aliphatic heterocycles. The summed E-state index contributed by atoms with van der Waals surface area (Å²) in [5.74, 6) is 0. The van der Waals surface area contributed by atoms with Crippen molar-refractivity contribution >= 4 is 5.71 Å². The highest BCUT2D eigenvalue weighted by atomic mass is 16.6. The van der Waals surface area contributed by atoms with Crippen molar-refractivity contribution in [2.24, 2.45) is 5.16 Å². The molecule has 5 heteroatoms. The SMILES string of the molecule is C/C(=N\O)c1nonc1C. The van der Waals surface area contributed by atoms with Crippen LogP contribution in [0.4, 0.5) is 0 Å². The number of aromatic nitrogens is 2. The second kappa shape index (κ2) is 2.47. The highest BCUT2D eigenvalue weighted by molar-refractivity contribution is 5.97. The number of rotatable bonds is 1. The van der Waals surface area contributed by atoms with Crippen LogP contribution in [-0.2, 0) is 0 Å². The van der Waals surface area contributed by atoms with Crippen molar-refractivity contribution in [3.05, 3.63) is 11.4 Å². The highest BCUT2D eigenvalue weighted by Gasteiger charge is 2.07. The van der Waals surface area contributed by atoms with Gasteiger partial charge in [0, 0.05) is 0 Å². The summed E-state index contributed by atoms with van der Waals surface area (Å²) in [5, 5.41) is 18.3. The molecule has 0 bridgehead atoms. The number of hydrogen-bond acceptors (Lipinski definition) is 5. The number of hydrogen-bond donors (Lipinski definition) is 1. The van der Waals surface area contributed by atoms with E-state index in [1.54, 1.807) is 13.8 Å². The summed E-state index contributed by atoms with van der Waals surface area (Å²) in [6.07, 6.45) is 0. The molecule has 0 saturated heterocycles. The molecule has 0 saturated carbocycles. The largest absolute Gasteiger partial charge is 0.411 e. The topological polar surface area (TPSA) is 71.5 Å². The van der Waals surface area contributed by atoms with Gasteiger partial charge < -0.3 is 5.21 Å². The summed E-state index contributed by atoms with van der Waals surface area (Å²) in [7, 11) is 0. The van der Waals surface area contributed by atoms with E-state index in [-0.39, 0.29) is 0 Å². The normalized spacial score (nSPS) is 12.0. The van der Waals surface area contributed by atoms with Crippen LogP contribution in [0, 0.1) is 6.92 Å². The molecule has 0 amide bonds. The van der Waals surface area contributed by atoms with Crippen LogP contribution in [0.15, 0.2) is 9.78 Å². The first-order valence-electron chi connectivity index (χ1n) is 2.74. The molecular formula is C5H7N3O2. The van der Waals surface area contributed by atoms with Crippen LogP contribution in [0.2, 0.25) is 0 Å². The van der Waals surface area contributed by atoms with Gasteiger partial charge in [0.15, 0.2) is 5.69 Å². The first-order valence-corrected chi connectivity index (χ1v) is 2.74. The van der Waals surface area contributed by atoms with Crippen LogP contribution in [0.5, 0.6) is 0 Å². The number of oxime groups is 1. The molecule has 0 aliphatic carbocycles. The van der Waals surface area contributed by atoms with Crippen LogP contribution in [-0.4, -0.2) is 21.2 Å². The van der Waals surface area contributed by atoms with Gasteiger partial charge in [-0.25, -0.2) is 4.63 Å². The maximum atomic E-state index is 8.31. The van der Waals surface area contributed by atoms with Gasteiger partial charge in [0.2, 0.25) is 0 Å². The van der Waals surface area contributed by atoms with Crippen molar-refractivity contribution in [3.8, 4) is 0 Å². The van der Waals surface area contributed by atoms with Gasteiger partial charge in [-0.15, -0.1) is 0 Å². The Kier molecular flexibility index (Phi) is 1.66. The summed E-state index contributed by atoms with van der Waals surface area (Å²) in [6, 6.07) is 0. The lowest BCUT2D eigenvalue weighted by molar-refractivity contribution is 0.302. The Morgan fingerprint density at radius 2 is 2.30 bits per heavy atom. The van der Waals surface area contributed by atoms with Crippen LogP contribution in [0.1, 0.15) is 18.3 Å². The molecule has 54 valence electrons. The molecule has 0 aliphatic rings. The fourth-order valence-electron chi connectivity index (χ4n) is 0.607. The summed E-state index contributed by atoms with van der Waals surface area (Å²) < 4.78 is 4.38. The zero-order valence-electron chi connectivity index (χ0n) is 5.70. The maximum absolute atomic E-state index is 8.31. The Bertz CT molecular complexity index is 253. The van der Waals surface area contributed by atoms with E-state index in [0.717, 1.165) is 0 Å². The molecule has 1 aromatic rings. The highest BCUT2D eigenvalue weighted by Crippen LogP contribution is 2.00. The molecule has 0 radical (unpaired) electrons. The van der Waals surface area contributed by atoms with E-state index in [0.29, 0.717) is 17.1 Å². The van der Waals surface area contributed by atoms with E-state index >= 15 is 0 Å². The molecule has 0 aromatic carbocycles. The summed E-state index contributed by atoms with van der Waals surface area (Å²) in [6.45, 7) is 3.34. The molecule has 5 nitrogen and oxygen atoms in total. The number of nitrogens with zero attached hydrogens (tertiary/aromatic N) is 3. The first kappa shape index (κ1) is 6.73. The van der Waals surface area contributed by atoms with E-state index < -0.39 is 0 Å². The maximum Gasteiger partial charge on any atom is 0.155 e. The molecule has 0 spiro atoms. The minimum absolute atomic E-state index is 0.402. The molecule has 1 rings (SSSR count). The smallest absolute Gasteiger partial charge is 0.155 e. The Balaban J connectivity index is 3.05. The predicted octanol–water partition coefficient (Wildman–Crippen LogP) is 0.576. The fourth-order valence-corrected chi connectivity index (χ4v) is 0.607. The fraction of sp³-hybridized carbons (Fsp3) is 0.400. The molecule has 1 heterocycles. The molecular weight excluding hydrogens is 134 g/mol. The Morgan fingerprint density at radius 1 is 1.60 bits per heavy atom. The molecule has 1 N–H and O–H groups in total. The lowest BCUT2D eigenvalue weighted by Crippen LogP contribution is -1.96. The van der Waals surface area contributed by atoms with E-state index in [9.17, 15) is 0 Å². The third kappa shape index (κ3) is 0.975. The summed E-state index contributed by atoms with van der Waals surface area (Å²) in [5.41, 5.74) is 1.51. The van der Waals surface area contributed by atoms with E-state index in [1.165, 1.54) is 0 Å². The van der Waals surface area contributed by atoms with Gasteiger partial charge in [0.25, 0.3) is 0 Å². The summed E-state index contributed by atoms with van der Waals surface area (Å²) in [4.78, 5) is 0. The van der Waals surface area contributed by atoms with Crippen LogP contribution < -0.4 is 0 Å². The van der Waals surface area contributed by atoms with Crippen molar-refractivity contribution < 1.29 is 9.84 Å². The lowest BCUT2D eigenvalue weighted by atomic mass is 10.2. The van der Waals surface area contributed by atoms with Crippen molar-refractivity contribution in [3.63, 3.8) is 0 Å². The van der Waals surface area contributed by atoms with Gasteiger partial charge in [-0.1, -0.05) is 10.3 Å². The van der Waals surface area contributed by atoms with Crippen molar-refractivity contribution in [2.45, 2.75) is 13.8 Å². The van der Waals surface area contributed by atoms with Crippen LogP contribution in [0.25, 0.3) is 0 Å². The quantitative estimate of drug-likeness (QED) is 0.352. The average Bonchev–Trinajstić information content (AvgIpc) is 2.34. The minimum atomic E-state index is 0.402. The van der Waals surface area contributed by atoms with Gasteiger partial charge in [-0.2, -0.15) is 0 Å². The molecule has 0 unspecified atom stereocenters. The van der Waals surface area contributed by atoms with Gasteiger partial charge >= 0.3 is 0 Å². The van der Waals surface area contributed by atoms with Crippen LogP contribution in [0.3, 0.4) is 0 Å². The van der Waals surface area contributed by atoms with Gasteiger partial charge in [0.05, 0.1) is 0 Å². The zero-order chi connectivity index (χ0) is 7.56.